The number of nitrogens with one attached hydrogen (secondary N) is 2. The van der Waals surface area contributed by atoms with Crippen molar-refractivity contribution in [1.29, 1.82) is 0 Å². The number of para-hydroxylation sites is 1. The maximum Gasteiger partial charge on any atom is 0.355 e. The molecule has 0 radical (unpaired) electrons. The quantitative estimate of drug-likeness (QED) is 0.633. The lowest BCUT2D eigenvalue weighted by Crippen LogP contribution is -2.21. The van der Waals surface area contributed by atoms with Crippen molar-refractivity contribution in [3.05, 3.63) is 53.3 Å². The van der Waals surface area contributed by atoms with Gasteiger partial charge in [0.2, 0.25) is 0 Å². The van der Waals surface area contributed by atoms with Crippen molar-refractivity contribution in [2.24, 2.45) is 0 Å². The molecule has 2 N–H and O–H groups in total. The molecule has 2 aromatic rings. The highest BCUT2D eigenvalue weighted by Crippen LogP contribution is 2.15. The van der Waals surface area contributed by atoms with E-state index in [0.717, 1.165) is 12.0 Å². The van der Waals surface area contributed by atoms with Crippen molar-refractivity contribution in [2.75, 3.05) is 11.9 Å². The largest absolute Gasteiger partial charge is 0.451 e. The first-order chi connectivity index (χ1) is 11.0. The predicted molar refractivity (Wildman–Crippen MR) is 85.5 cm³/mol. The van der Waals surface area contributed by atoms with E-state index in [4.69, 9.17) is 4.74 Å². The van der Waals surface area contributed by atoms with Gasteiger partial charge in [0, 0.05) is 17.4 Å². The Morgan fingerprint density at radius 3 is 2.61 bits per heavy atom. The summed E-state index contributed by atoms with van der Waals surface area (Å²) in [4.78, 5) is 37.5. The van der Waals surface area contributed by atoms with Crippen LogP contribution >= 0.6 is 0 Å². The van der Waals surface area contributed by atoms with E-state index in [1.165, 1.54) is 19.2 Å². The van der Waals surface area contributed by atoms with Crippen LogP contribution in [0.25, 0.3) is 0 Å². The van der Waals surface area contributed by atoms with Gasteiger partial charge in [0.15, 0.2) is 12.4 Å². The minimum Gasteiger partial charge on any atom is -0.451 e. The number of esters is 1. The number of Topliss-reactive ketones (excluding diaryl/α,β-unsaturated/α-hetero) is 1. The van der Waals surface area contributed by atoms with Crippen LogP contribution in [0.5, 0.6) is 0 Å². The number of anilines is 1. The summed E-state index contributed by atoms with van der Waals surface area (Å²) in [5.74, 6) is -1.26. The minimum atomic E-state index is -0.684. The van der Waals surface area contributed by atoms with Gasteiger partial charge < -0.3 is 15.0 Å². The Bertz CT molecular complexity index is 734. The number of rotatable bonds is 6. The molecule has 1 aromatic carbocycles. The van der Waals surface area contributed by atoms with Gasteiger partial charge in [-0.3, -0.25) is 9.59 Å². The van der Waals surface area contributed by atoms with Gasteiger partial charge in [0.25, 0.3) is 5.91 Å². The zero-order valence-electron chi connectivity index (χ0n) is 13.0. The minimum absolute atomic E-state index is 0.136. The maximum atomic E-state index is 11.9. The van der Waals surface area contributed by atoms with Crippen molar-refractivity contribution in [3.8, 4) is 0 Å². The molecule has 0 fully saturated rings. The van der Waals surface area contributed by atoms with Crippen molar-refractivity contribution in [3.63, 3.8) is 0 Å². The molecule has 0 bridgehead atoms. The molecular weight excluding hydrogens is 296 g/mol. The number of benzene rings is 1. The molecule has 1 amide bonds. The average Bonchev–Trinajstić information content (AvgIpc) is 3.03. The van der Waals surface area contributed by atoms with Gasteiger partial charge in [-0.05, 0) is 31.0 Å². The van der Waals surface area contributed by atoms with Crippen LogP contribution in [0.1, 0.15) is 40.3 Å². The third-order valence-electron chi connectivity index (χ3n) is 3.32. The lowest BCUT2D eigenvalue weighted by atomic mass is 10.1. The van der Waals surface area contributed by atoms with Gasteiger partial charge in [-0.25, -0.2) is 4.79 Å². The second kappa shape index (κ2) is 7.40. The Kier molecular flexibility index (Phi) is 5.30. The molecule has 0 aliphatic heterocycles. The Hall–Kier alpha value is -2.89. The number of aromatic amines is 1. The van der Waals surface area contributed by atoms with Gasteiger partial charge in [0.1, 0.15) is 5.69 Å². The third-order valence-corrected chi connectivity index (χ3v) is 3.32. The average molecular weight is 314 g/mol. The first-order valence-corrected chi connectivity index (χ1v) is 7.25. The SMILES string of the molecule is CCc1ccccc1NC(=O)COC(=O)c1cc(C(C)=O)c[nH]1. The number of hydrogen-bond acceptors (Lipinski definition) is 4. The van der Waals surface area contributed by atoms with Crippen LogP contribution in [0.15, 0.2) is 36.5 Å². The normalized spacial score (nSPS) is 10.2. The fraction of sp³-hybridized carbons (Fsp3) is 0.235. The topological polar surface area (TPSA) is 88.3 Å². The molecule has 1 aromatic heterocycles. The Morgan fingerprint density at radius 1 is 1.22 bits per heavy atom. The number of H-pyrrole nitrogens is 1. The van der Waals surface area contributed by atoms with Crippen molar-refractivity contribution < 1.29 is 19.1 Å². The summed E-state index contributed by atoms with van der Waals surface area (Å²) >= 11 is 0. The molecule has 0 aliphatic rings. The van der Waals surface area contributed by atoms with Crippen LogP contribution in [0.4, 0.5) is 5.69 Å². The summed E-state index contributed by atoms with van der Waals surface area (Å²) in [6.45, 7) is 2.99. The van der Waals surface area contributed by atoms with E-state index in [1.54, 1.807) is 6.07 Å². The molecule has 6 heteroatoms. The highest BCUT2D eigenvalue weighted by Gasteiger charge is 2.14. The molecule has 6 nitrogen and oxygen atoms in total. The fourth-order valence-corrected chi connectivity index (χ4v) is 2.06. The molecule has 120 valence electrons. The number of ketones is 1. The summed E-state index contributed by atoms with van der Waals surface area (Å²) in [5.41, 5.74) is 2.23. The van der Waals surface area contributed by atoms with E-state index in [0.29, 0.717) is 11.3 Å². The number of carbonyl (C=O) groups is 3. The Labute approximate surface area is 133 Å². The highest BCUT2D eigenvalue weighted by molar-refractivity contribution is 5.98. The third kappa shape index (κ3) is 4.29. The summed E-state index contributed by atoms with van der Waals surface area (Å²) in [6, 6.07) is 8.83. The van der Waals surface area contributed by atoms with E-state index >= 15 is 0 Å². The Morgan fingerprint density at radius 2 is 1.96 bits per heavy atom. The van der Waals surface area contributed by atoms with Gasteiger partial charge in [0.05, 0.1) is 0 Å². The summed E-state index contributed by atoms with van der Waals surface area (Å²) in [7, 11) is 0. The van der Waals surface area contributed by atoms with Crippen molar-refractivity contribution in [1.82, 2.24) is 4.98 Å². The van der Waals surface area contributed by atoms with E-state index in [1.807, 2.05) is 25.1 Å². The molecule has 0 atom stereocenters. The van der Waals surface area contributed by atoms with Gasteiger partial charge >= 0.3 is 5.97 Å². The summed E-state index contributed by atoms with van der Waals surface area (Å²) in [5, 5.41) is 2.71. The number of hydrogen-bond donors (Lipinski definition) is 2. The zero-order chi connectivity index (χ0) is 16.8. The lowest BCUT2D eigenvalue weighted by Gasteiger charge is -2.09. The second-order valence-corrected chi connectivity index (χ2v) is 4.99. The number of amides is 1. The van der Waals surface area contributed by atoms with Gasteiger partial charge in [-0.15, -0.1) is 0 Å². The summed E-state index contributed by atoms with van der Waals surface area (Å²) in [6.07, 6.45) is 2.21. The molecule has 0 spiro atoms. The molecule has 2 rings (SSSR count). The summed E-state index contributed by atoms with van der Waals surface area (Å²) < 4.78 is 4.94. The number of carbonyl (C=O) groups excluding carboxylic acids is 3. The van der Waals surface area contributed by atoms with E-state index < -0.39 is 18.5 Å². The molecule has 23 heavy (non-hydrogen) atoms. The molecular formula is C17H18N2O4. The van der Waals surface area contributed by atoms with Gasteiger partial charge in [-0.1, -0.05) is 25.1 Å². The number of ether oxygens (including phenoxy) is 1. The van der Waals surface area contributed by atoms with Crippen LogP contribution in [0, 0.1) is 0 Å². The van der Waals surface area contributed by atoms with Crippen molar-refractivity contribution >= 4 is 23.3 Å². The van der Waals surface area contributed by atoms with Crippen LogP contribution in [0.3, 0.4) is 0 Å². The fourth-order valence-electron chi connectivity index (χ4n) is 2.06. The standard InChI is InChI=1S/C17H18N2O4/c1-3-12-6-4-5-7-14(12)19-16(21)10-23-17(22)15-8-13(9-18-15)11(2)20/h4-9,18H,3,10H2,1-2H3,(H,19,21). The first kappa shape index (κ1) is 16.5. The molecule has 0 saturated heterocycles. The highest BCUT2D eigenvalue weighted by atomic mass is 16.5. The van der Waals surface area contributed by atoms with Crippen LogP contribution in [0.2, 0.25) is 0 Å². The molecule has 0 saturated carbocycles. The second-order valence-electron chi connectivity index (χ2n) is 4.99. The molecule has 0 aliphatic carbocycles. The molecule has 0 unspecified atom stereocenters. The van der Waals surface area contributed by atoms with Crippen molar-refractivity contribution in [2.45, 2.75) is 20.3 Å². The predicted octanol–water partition coefficient (Wildman–Crippen LogP) is 2.58. The lowest BCUT2D eigenvalue weighted by molar-refractivity contribution is -0.119. The first-order valence-electron chi connectivity index (χ1n) is 7.25. The number of aromatic nitrogens is 1. The van der Waals surface area contributed by atoms with Crippen LogP contribution in [-0.2, 0) is 16.0 Å². The van der Waals surface area contributed by atoms with E-state index in [-0.39, 0.29) is 11.5 Å². The van der Waals surface area contributed by atoms with Crippen LogP contribution in [-0.4, -0.2) is 29.3 Å². The van der Waals surface area contributed by atoms with Gasteiger partial charge in [-0.2, -0.15) is 0 Å². The van der Waals surface area contributed by atoms with E-state index in [9.17, 15) is 14.4 Å². The molecule has 1 heterocycles. The maximum absolute atomic E-state index is 11.9. The zero-order valence-corrected chi connectivity index (χ0v) is 13.0. The Balaban J connectivity index is 1.90. The monoisotopic (exact) mass is 314 g/mol. The van der Waals surface area contributed by atoms with Crippen LogP contribution < -0.4 is 5.32 Å². The van der Waals surface area contributed by atoms with E-state index in [2.05, 4.69) is 10.3 Å². The smallest absolute Gasteiger partial charge is 0.355 e. The number of aryl methyl sites for hydroxylation is 1.